The molecule has 2 aromatic rings. The molecular formula is C13H18N4. The third-order valence-corrected chi connectivity index (χ3v) is 3.06. The van der Waals surface area contributed by atoms with Gasteiger partial charge in [-0.15, -0.1) is 5.10 Å². The maximum Gasteiger partial charge on any atom is 0.0798 e. The first-order chi connectivity index (χ1) is 8.26. The van der Waals surface area contributed by atoms with Gasteiger partial charge in [0.15, 0.2) is 0 Å². The minimum Gasteiger partial charge on any atom is -0.308 e. The molecular weight excluding hydrogens is 212 g/mol. The van der Waals surface area contributed by atoms with Crippen molar-refractivity contribution in [1.82, 2.24) is 20.3 Å². The summed E-state index contributed by atoms with van der Waals surface area (Å²) in [4.78, 5) is 0. The summed E-state index contributed by atoms with van der Waals surface area (Å²) >= 11 is 0. The van der Waals surface area contributed by atoms with E-state index in [0.29, 0.717) is 0 Å². The van der Waals surface area contributed by atoms with Gasteiger partial charge in [0.1, 0.15) is 0 Å². The fourth-order valence-electron chi connectivity index (χ4n) is 1.99. The number of benzene rings is 1. The number of nitrogens with one attached hydrogen (secondary N) is 1. The lowest BCUT2D eigenvalue weighted by molar-refractivity contribution is 0.598. The van der Waals surface area contributed by atoms with Gasteiger partial charge in [-0.2, -0.15) is 0 Å². The van der Waals surface area contributed by atoms with E-state index in [0.717, 1.165) is 12.1 Å². The van der Waals surface area contributed by atoms with E-state index in [9.17, 15) is 0 Å². The van der Waals surface area contributed by atoms with Crippen LogP contribution in [-0.4, -0.2) is 22.0 Å². The quantitative estimate of drug-likeness (QED) is 0.869. The monoisotopic (exact) mass is 230 g/mol. The molecule has 0 radical (unpaired) electrons. The summed E-state index contributed by atoms with van der Waals surface area (Å²) in [6.07, 6.45) is 2.87. The lowest BCUT2D eigenvalue weighted by Crippen LogP contribution is -2.20. The van der Waals surface area contributed by atoms with Crippen molar-refractivity contribution in [2.24, 2.45) is 7.05 Å². The lowest BCUT2D eigenvalue weighted by atomic mass is 10.0. The maximum atomic E-state index is 3.97. The van der Waals surface area contributed by atoms with E-state index in [-0.39, 0.29) is 6.04 Å². The molecule has 90 valence electrons. The molecule has 0 aliphatic rings. The SMILES string of the molecule is CCc1ccc(C(NC)c2cnnn2C)cc1. The Labute approximate surface area is 102 Å². The van der Waals surface area contributed by atoms with Crippen LogP contribution in [0.25, 0.3) is 0 Å². The Morgan fingerprint density at radius 3 is 2.47 bits per heavy atom. The molecule has 1 aromatic heterocycles. The van der Waals surface area contributed by atoms with Gasteiger partial charge in [0.2, 0.25) is 0 Å². The van der Waals surface area contributed by atoms with Crippen molar-refractivity contribution in [3.63, 3.8) is 0 Å². The van der Waals surface area contributed by atoms with Gasteiger partial charge >= 0.3 is 0 Å². The molecule has 1 heterocycles. The second kappa shape index (κ2) is 5.10. The first kappa shape index (κ1) is 11.8. The predicted octanol–water partition coefficient (Wildman–Crippen LogP) is 1.69. The minimum atomic E-state index is 0.140. The predicted molar refractivity (Wildman–Crippen MR) is 67.7 cm³/mol. The van der Waals surface area contributed by atoms with Gasteiger partial charge in [-0.3, -0.25) is 4.68 Å². The van der Waals surface area contributed by atoms with E-state index in [4.69, 9.17) is 0 Å². The van der Waals surface area contributed by atoms with Crippen LogP contribution in [0.15, 0.2) is 30.5 Å². The molecule has 0 amide bonds. The van der Waals surface area contributed by atoms with Crippen LogP contribution in [0.4, 0.5) is 0 Å². The Kier molecular flexibility index (Phi) is 3.54. The Balaban J connectivity index is 2.32. The van der Waals surface area contributed by atoms with Crippen molar-refractivity contribution in [2.45, 2.75) is 19.4 Å². The topological polar surface area (TPSA) is 42.7 Å². The highest BCUT2D eigenvalue weighted by atomic mass is 15.4. The molecule has 4 heteroatoms. The van der Waals surface area contributed by atoms with Crippen molar-refractivity contribution >= 4 is 0 Å². The van der Waals surface area contributed by atoms with Crippen LogP contribution >= 0.6 is 0 Å². The molecule has 17 heavy (non-hydrogen) atoms. The van der Waals surface area contributed by atoms with Crippen molar-refractivity contribution < 1.29 is 0 Å². The average Bonchev–Trinajstić information content (AvgIpc) is 2.78. The highest BCUT2D eigenvalue weighted by molar-refractivity contribution is 5.29. The number of aryl methyl sites for hydroxylation is 2. The average molecular weight is 230 g/mol. The van der Waals surface area contributed by atoms with Crippen LogP contribution in [0.5, 0.6) is 0 Å². The molecule has 0 spiro atoms. The van der Waals surface area contributed by atoms with E-state index in [1.165, 1.54) is 11.1 Å². The Morgan fingerprint density at radius 2 is 2.00 bits per heavy atom. The third kappa shape index (κ3) is 2.36. The second-order valence-electron chi connectivity index (χ2n) is 4.10. The van der Waals surface area contributed by atoms with Crippen LogP contribution in [0.1, 0.15) is 29.8 Å². The first-order valence-corrected chi connectivity index (χ1v) is 5.87. The van der Waals surface area contributed by atoms with Gasteiger partial charge in [-0.05, 0) is 24.6 Å². The first-order valence-electron chi connectivity index (χ1n) is 5.87. The standard InChI is InChI=1S/C13H18N4/c1-4-10-5-7-11(8-6-10)13(14-2)12-9-15-16-17(12)3/h5-9,13-14H,4H2,1-3H3. The Hall–Kier alpha value is -1.68. The zero-order valence-electron chi connectivity index (χ0n) is 10.5. The molecule has 2 rings (SSSR count). The summed E-state index contributed by atoms with van der Waals surface area (Å²) in [6.45, 7) is 2.16. The van der Waals surface area contributed by atoms with Gasteiger partial charge in [-0.25, -0.2) is 0 Å². The molecule has 0 fully saturated rings. The molecule has 0 bridgehead atoms. The molecule has 1 unspecified atom stereocenters. The number of rotatable bonds is 4. The lowest BCUT2D eigenvalue weighted by Gasteiger charge is -2.16. The summed E-state index contributed by atoms with van der Waals surface area (Å²) in [5.74, 6) is 0. The summed E-state index contributed by atoms with van der Waals surface area (Å²) < 4.78 is 1.80. The van der Waals surface area contributed by atoms with E-state index in [1.807, 2.05) is 14.1 Å². The third-order valence-electron chi connectivity index (χ3n) is 3.06. The highest BCUT2D eigenvalue weighted by Gasteiger charge is 2.15. The van der Waals surface area contributed by atoms with Crippen molar-refractivity contribution in [1.29, 1.82) is 0 Å². The summed E-state index contributed by atoms with van der Waals surface area (Å²) in [5, 5.41) is 11.2. The molecule has 0 saturated carbocycles. The van der Waals surface area contributed by atoms with Crippen molar-refractivity contribution in [2.75, 3.05) is 7.05 Å². The minimum absolute atomic E-state index is 0.140. The summed E-state index contributed by atoms with van der Waals surface area (Å²) in [6, 6.07) is 8.80. The van der Waals surface area contributed by atoms with Gasteiger partial charge < -0.3 is 5.32 Å². The Bertz CT molecular complexity index is 472. The number of nitrogens with zero attached hydrogens (tertiary/aromatic N) is 3. The molecule has 1 aromatic carbocycles. The summed E-state index contributed by atoms with van der Waals surface area (Å²) in [7, 11) is 3.86. The molecule has 1 atom stereocenters. The maximum absolute atomic E-state index is 3.97. The molecule has 1 N–H and O–H groups in total. The molecule has 4 nitrogen and oxygen atoms in total. The molecule has 0 aliphatic heterocycles. The Morgan fingerprint density at radius 1 is 1.29 bits per heavy atom. The van der Waals surface area contributed by atoms with Crippen LogP contribution in [0.2, 0.25) is 0 Å². The van der Waals surface area contributed by atoms with Crippen LogP contribution in [0.3, 0.4) is 0 Å². The van der Waals surface area contributed by atoms with Crippen LogP contribution in [-0.2, 0) is 13.5 Å². The number of aromatic nitrogens is 3. The van der Waals surface area contributed by atoms with E-state index in [2.05, 4.69) is 46.8 Å². The van der Waals surface area contributed by atoms with E-state index < -0.39 is 0 Å². The van der Waals surface area contributed by atoms with Crippen molar-refractivity contribution in [3.8, 4) is 0 Å². The van der Waals surface area contributed by atoms with Crippen LogP contribution < -0.4 is 5.32 Å². The van der Waals surface area contributed by atoms with Gasteiger partial charge in [0, 0.05) is 7.05 Å². The smallest absolute Gasteiger partial charge is 0.0798 e. The molecule has 0 aliphatic carbocycles. The van der Waals surface area contributed by atoms with Gasteiger partial charge in [-0.1, -0.05) is 36.4 Å². The van der Waals surface area contributed by atoms with Gasteiger partial charge in [0.25, 0.3) is 0 Å². The van der Waals surface area contributed by atoms with E-state index in [1.54, 1.807) is 10.9 Å². The number of hydrogen-bond donors (Lipinski definition) is 1. The van der Waals surface area contributed by atoms with Gasteiger partial charge in [0.05, 0.1) is 17.9 Å². The van der Waals surface area contributed by atoms with Crippen LogP contribution in [0, 0.1) is 0 Å². The van der Waals surface area contributed by atoms with Crippen molar-refractivity contribution in [3.05, 3.63) is 47.3 Å². The zero-order valence-corrected chi connectivity index (χ0v) is 10.5. The zero-order chi connectivity index (χ0) is 12.3. The second-order valence-corrected chi connectivity index (χ2v) is 4.10. The number of hydrogen-bond acceptors (Lipinski definition) is 3. The fourth-order valence-corrected chi connectivity index (χ4v) is 1.99. The molecule has 0 saturated heterocycles. The summed E-state index contributed by atoms with van der Waals surface area (Å²) in [5.41, 5.74) is 3.65. The fraction of sp³-hybridized carbons (Fsp3) is 0.385. The largest absolute Gasteiger partial charge is 0.308 e. The normalized spacial score (nSPS) is 12.6. The highest BCUT2D eigenvalue weighted by Crippen LogP contribution is 2.20. The van der Waals surface area contributed by atoms with E-state index >= 15 is 0 Å².